The molecule has 1 fully saturated rings. The first-order valence-electron chi connectivity index (χ1n) is 6.15. The van der Waals surface area contributed by atoms with Gasteiger partial charge in [0, 0.05) is 0 Å². The smallest absolute Gasteiger partial charge is 0.328 e. The summed E-state index contributed by atoms with van der Waals surface area (Å²) in [6, 6.07) is 0. The zero-order valence-electron chi connectivity index (χ0n) is 11.0. The first-order chi connectivity index (χ1) is 9.85. The summed E-state index contributed by atoms with van der Waals surface area (Å²) < 4.78 is 10.3. The van der Waals surface area contributed by atoms with Crippen molar-refractivity contribution < 1.29 is 29.9 Å². The van der Waals surface area contributed by atoms with Crippen LogP contribution in [0.4, 0.5) is 0 Å². The Bertz CT molecular complexity index is 609. The van der Waals surface area contributed by atoms with E-state index in [1.165, 1.54) is 6.92 Å². The van der Waals surface area contributed by atoms with Crippen molar-refractivity contribution in [2.45, 2.75) is 37.6 Å². The van der Waals surface area contributed by atoms with Crippen LogP contribution in [0.3, 0.4) is 0 Å². The van der Waals surface area contributed by atoms with E-state index in [4.69, 9.17) is 14.6 Å². The van der Waals surface area contributed by atoms with E-state index in [2.05, 4.69) is 4.98 Å². The number of hydrogen-bond acceptors (Lipinski definition) is 8. The number of nitrogens with one attached hydrogen (secondary N) is 2. The van der Waals surface area contributed by atoms with Gasteiger partial charge in [0.2, 0.25) is 12.2 Å². The molecule has 2 rings (SSSR count). The molecular formula is C11H16N2O8. The number of hydrogen-bond donors (Lipinski definition) is 6. The predicted molar refractivity (Wildman–Crippen MR) is 66.8 cm³/mol. The fourth-order valence-corrected chi connectivity index (χ4v) is 1.93. The molecule has 1 aromatic heterocycles. The minimum atomic E-state index is -1.63. The maximum atomic E-state index is 11.4. The van der Waals surface area contributed by atoms with Gasteiger partial charge in [-0.15, -0.1) is 0 Å². The molecule has 21 heavy (non-hydrogen) atoms. The molecule has 1 aliphatic rings. The number of aliphatic hydroxyl groups is 4. The molecule has 2 heterocycles. The molecule has 0 bridgehead atoms. The van der Waals surface area contributed by atoms with Gasteiger partial charge < -0.3 is 29.9 Å². The average Bonchev–Trinajstić information content (AvgIpc) is 2.44. The average molecular weight is 304 g/mol. The lowest BCUT2D eigenvalue weighted by Crippen LogP contribution is -2.60. The van der Waals surface area contributed by atoms with E-state index < -0.39 is 48.6 Å². The van der Waals surface area contributed by atoms with Crippen LogP contribution in [0.15, 0.2) is 9.59 Å². The first kappa shape index (κ1) is 15.7. The van der Waals surface area contributed by atoms with E-state index >= 15 is 0 Å². The summed E-state index contributed by atoms with van der Waals surface area (Å²) in [5.74, 6) is -0.243. The molecule has 10 nitrogen and oxygen atoms in total. The molecule has 0 radical (unpaired) electrons. The SMILES string of the molecule is Cc1c(O[C@@H]2O[C@H](CO)[C@@H](O)[C@H](O)[C@H]2O)[nH]c(=O)[nH]c1=O. The van der Waals surface area contributed by atoms with Crippen molar-refractivity contribution in [2.75, 3.05) is 6.61 Å². The Labute approximate surface area is 117 Å². The standard InChI is InChI=1S/C11H16N2O8/c1-3-8(18)12-11(19)13-9(3)21-10-7(17)6(16)5(15)4(2-14)20-10/h4-7,10,14-17H,2H2,1H3,(H2,12,13,18,19)/t4-,5-,6+,7-,10+/m1/s1. The third-order valence-corrected chi connectivity index (χ3v) is 3.22. The summed E-state index contributed by atoms with van der Waals surface area (Å²) >= 11 is 0. The number of rotatable bonds is 3. The van der Waals surface area contributed by atoms with E-state index in [0.29, 0.717) is 0 Å². The molecule has 0 saturated carbocycles. The molecule has 118 valence electrons. The summed E-state index contributed by atoms with van der Waals surface area (Å²) in [4.78, 5) is 26.8. The monoisotopic (exact) mass is 304 g/mol. The van der Waals surface area contributed by atoms with Gasteiger partial charge in [-0.1, -0.05) is 0 Å². The fourth-order valence-electron chi connectivity index (χ4n) is 1.93. The number of aromatic amines is 2. The molecule has 6 N–H and O–H groups in total. The minimum absolute atomic E-state index is 0.0339. The second kappa shape index (κ2) is 5.95. The Morgan fingerprint density at radius 1 is 1.14 bits per heavy atom. The van der Waals surface area contributed by atoms with Crippen molar-refractivity contribution in [3.63, 3.8) is 0 Å². The van der Waals surface area contributed by atoms with Crippen LogP contribution in [0.1, 0.15) is 5.56 Å². The maximum Gasteiger partial charge on any atom is 0.328 e. The van der Waals surface area contributed by atoms with Crippen LogP contribution in [0.25, 0.3) is 0 Å². The van der Waals surface area contributed by atoms with Crippen LogP contribution in [-0.2, 0) is 4.74 Å². The lowest BCUT2D eigenvalue weighted by molar-refractivity contribution is -0.278. The van der Waals surface area contributed by atoms with Crippen LogP contribution in [0, 0.1) is 6.92 Å². The van der Waals surface area contributed by atoms with Crippen molar-refractivity contribution in [2.24, 2.45) is 0 Å². The predicted octanol–water partition coefficient (Wildman–Crippen LogP) is -3.45. The molecule has 0 amide bonds. The fraction of sp³-hybridized carbons (Fsp3) is 0.636. The Morgan fingerprint density at radius 2 is 1.81 bits per heavy atom. The van der Waals surface area contributed by atoms with E-state index in [-0.39, 0.29) is 11.4 Å². The van der Waals surface area contributed by atoms with Gasteiger partial charge in [0.05, 0.1) is 12.2 Å². The lowest BCUT2D eigenvalue weighted by atomic mass is 9.99. The van der Waals surface area contributed by atoms with Crippen molar-refractivity contribution in [3.05, 3.63) is 26.4 Å². The lowest BCUT2D eigenvalue weighted by Gasteiger charge is -2.39. The Hall–Kier alpha value is -1.72. The highest BCUT2D eigenvalue weighted by Gasteiger charge is 2.45. The Kier molecular flexibility index (Phi) is 4.44. The van der Waals surface area contributed by atoms with Gasteiger partial charge >= 0.3 is 5.69 Å². The molecular weight excluding hydrogens is 288 g/mol. The van der Waals surface area contributed by atoms with Crippen LogP contribution < -0.4 is 16.0 Å². The maximum absolute atomic E-state index is 11.4. The molecule has 1 saturated heterocycles. The van der Waals surface area contributed by atoms with E-state index in [9.17, 15) is 24.9 Å². The van der Waals surface area contributed by atoms with Gasteiger partial charge in [-0.2, -0.15) is 0 Å². The van der Waals surface area contributed by atoms with Gasteiger partial charge in [0.25, 0.3) is 5.56 Å². The van der Waals surface area contributed by atoms with Gasteiger partial charge in [-0.25, -0.2) is 4.79 Å². The van der Waals surface area contributed by atoms with Gasteiger partial charge in [-0.05, 0) is 6.92 Å². The van der Waals surface area contributed by atoms with E-state index in [0.717, 1.165) is 0 Å². The zero-order chi connectivity index (χ0) is 15.7. The van der Waals surface area contributed by atoms with Crippen LogP contribution >= 0.6 is 0 Å². The second-order valence-corrected chi connectivity index (χ2v) is 4.68. The topological polar surface area (TPSA) is 165 Å². The highest BCUT2D eigenvalue weighted by Crippen LogP contribution is 2.23. The Balaban J connectivity index is 2.26. The van der Waals surface area contributed by atoms with Gasteiger partial charge in [0.1, 0.15) is 24.4 Å². The quantitative estimate of drug-likeness (QED) is 0.335. The third kappa shape index (κ3) is 2.99. The van der Waals surface area contributed by atoms with Crippen molar-refractivity contribution in [3.8, 4) is 5.88 Å². The largest absolute Gasteiger partial charge is 0.446 e. The summed E-state index contributed by atoms with van der Waals surface area (Å²) in [5.41, 5.74) is -1.46. The molecule has 5 atom stereocenters. The number of ether oxygens (including phenoxy) is 2. The van der Waals surface area contributed by atoms with Gasteiger partial charge in [-0.3, -0.25) is 14.8 Å². The zero-order valence-corrected chi connectivity index (χ0v) is 11.0. The normalized spacial score (nSPS) is 32.9. The molecule has 0 aliphatic carbocycles. The molecule has 0 spiro atoms. The minimum Gasteiger partial charge on any atom is -0.446 e. The summed E-state index contributed by atoms with van der Waals surface area (Å²) in [7, 11) is 0. The number of aliphatic hydroxyl groups excluding tert-OH is 4. The third-order valence-electron chi connectivity index (χ3n) is 3.22. The highest BCUT2D eigenvalue weighted by molar-refractivity contribution is 5.20. The molecule has 0 aromatic carbocycles. The van der Waals surface area contributed by atoms with Crippen LogP contribution in [0.2, 0.25) is 0 Å². The summed E-state index contributed by atoms with van der Waals surface area (Å²) in [5, 5.41) is 38.1. The van der Waals surface area contributed by atoms with Crippen molar-refractivity contribution in [1.82, 2.24) is 9.97 Å². The van der Waals surface area contributed by atoms with Crippen LogP contribution in [-0.4, -0.2) is 67.7 Å². The van der Waals surface area contributed by atoms with Crippen molar-refractivity contribution >= 4 is 0 Å². The summed E-state index contributed by atoms with van der Waals surface area (Å²) in [6.45, 7) is 0.754. The first-order valence-corrected chi connectivity index (χ1v) is 6.15. The molecule has 1 aromatic rings. The van der Waals surface area contributed by atoms with Crippen molar-refractivity contribution in [1.29, 1.82) is 0 Å². The molecule has 1 aliphatic heterocycles. The van der Waals surface area contributed by atoms with Crippen LogP contribution in [0.5, 0.6) is 5.88 Å². The van der Waals surface area contributed by atoms with Gasteiger partial charge in [0.15, 0.2) is 0 Å². The molecule has 10 heteroatoms. The summed E-state index contributed by atoms with van der Waals surface area (Å²) in [6.07, 6.45) is -7.40. The second-order valence-electron chi connectivity index (χ2n) is 4.68. The molecule has 0 unspecified atom stereocenters. The number of H-pyrrole nitrogens is 2. The highest BCUT2D eigenvalue weighted by atomic mass is 16.7. The van der Waals surface area contributed by atoms with E-state index in [1.807, 2.05) is 4.98 Å². The van der Waals surface area contributed by atoms with E-state index in [1.54, 1.807) is 0 Å². The number of aromatic nitrogens is 2. The Morgan fingerprint density at radius 3 is 2.43 bits per heavy atom.